The van der Waals surface area contributed by atoms with Gasteiger partial charge >= 0.3 is 0 Å². The van der Waals surface area contributed by atoms with Crippen molar-refractivity contribution in [2.24, 2.45) is 0 Å². The molecule has 0 aliphatic heterocycles. The van der Waals surface area contributed by atoms with Gasteiger partial charge in [0.15, 0.2) is 0 Å². The van der Waals surface area contributed by atoms with Gasteiger partial charge in [-0.25, -0.2) is 9.97 Å². The van der Waals surface area contributed by atoms with Crippen molar-refractivity contribution in [2.75, 3.05) is 12.3 Å². The Bertz CT molecular complexity index is 807. The summed E-state index contributed by atoms with van der Waals surface area (Å²) >= 11 is 5.93. The minimum absolute atomic E-state index is 0.328. The first-order chi connectivity index (χ1) is 11.2. The van der Waals surface area contributed by atoms with Crippen LogP contribution in [0.5, 0.6) is 5.75 Å². The summed E-state index contributed by atoms with van der Waals surface area (Å²) in [6.07, 6.45) is 2.76. The maximum absolute atomic E-state index is 5.93. The van der Waals surface area contributed by atoms with Gasteiger partial charge < -0.3 is 10.5 Å². The second-order valence-electron chi connectivity index (χ2n) is 5.31. The van der Waals surface area contributed by atoms with Crippen LogP contribution < -0.4 is 10.5 Å². The van der Waals surface area contributed by atoms with E-state index < -0.39 is 0 Å². The number of anilines is 1. The van der Waals surface area contributed by atoms with E-state index in [4.69, 9.17) is 22.1 Å². The minimum Gasteiger partial charge on any atom is -0.494 e. The van der Waals surface area contributed by atoms with Crippen LogP contribution in [0.1, 0.15) is 18.5 Å². The summed E-state index contributed by atoms with van der Waals surface area (Å²) in [6.45, 7) is 0.652. The highest BCUT2D eigenvalue weighted by atomic mass is 35.5. The first-order valence-corrected chi connectivity index (χ1v) is 8.00. The average molecular weight is 328 g/mol. The molecule has 0 spiro atoms. The van der Waals surface area contributed by atoms with E-state index >= 15 is 0 Å². The molecule has 5 heteroatoms. The highest BCUT2D eigenvalue weighted by Crippen LogP contribution is 2.19. The molecule has 23 heavy (non-hydrogen) atoms. The SMILES string of the molecule is Nc1nc(CCCCOc2cccc(Cl)c2)c2ccccc2n1. The van der Waals surface area contributed by atoms with E-state index in [0.717, 1.165) is 41.6 Å². The molecule has 0 saturated heterocycles. The van der Waals surface area contributed by atoms with Crippen molar-refractivity contribution in [3.05, 3.63) is 59.2 Å². The average Bonchev–Trinajstić information content (AvgIpc) is 2.54. The van der Waals surface area contributed by atoms with Gasteiger partial charge in [0.05, 0.1) is 17.8 Å². The molecule has 1 aromatic heterocycles. The third kappa shape index (κ3) is 4.11. The lowest BCUT2D eigenvalue weighted by molar-refractivity contribution is 0.307. The number of aryl methyl sites for hydroxylation is 1. The molecule has 0 aliphatic carbocycles. The molecule has 0 aliphatic rings. The van der Waals surface area contributed by atoms with Crippen LogP contribution >= 0.6 is 11.6 Å². The standard InChI is InChI=1S/C18H18ClN3O/c19-13-6-5-7-14(12-13)23-11-4-3-10-17-15-8-1-2-9-16(15)21-18(20)22-17/h1-2,5-9,12H,3-4,10-11H2,(H2,20,21,22). The molecule has 0 saturated carbocycles. The van der Waals surface area contributed by atoms with Crippen LogP contribution in [0, 0.1) is 0 Å². The number of rotatable bonds is 6. The largest absolute Gasteiger partial charge is 0.494 e. The zero-order valence-electron chi connectivity index (χ0n) is 12.7. The molecule has 0 unspecified atom stereocenters. The van der Waals surface area contributed by atoms with Crippen molar-refractivity contribution in [1.29, 1.82) is 0 Å². The highest BCUT2D eigenvalue weighted by Gasteiger charge is 2.05. The smallest absolute Gasteiger partial charge is 0.220 e. The quantitative estimate of drug-likeness (QED) is 0.687. The fourth-order valence-corrected chi connectivity index (χ4v) is 2.67. The molecule has 0 bridgehead atoms. The van der Waals surface area contributed by atoms with Gasteiger partial charge in [-0.3, -0.25) is 0 Å². The number of nitrogens with zero attached hydrogens (tertiary/aromatic N) is 2. The van der Waals surface area contributed by atoms with Gasteiger partial charge in [0.2, 0.25) is 5.95 Å². The van der Waals surface area contributed by atoms with Crippen molar-refractivity contribution in [2.45, 2.75) is 19.3 Å². The Morgan fingerprint density at radius 2 is 1.87 bits per heavy atom. The van der Waals surface area contributed by atoms with Crippen LogP contribution in [-0.2, 0) is 6.42 Å². The number of fused-ring (bicyclic) bond motifs is 1. The second kappa shape index (κ2) is 7.29. The molecule has 118 valence electrons. The van der Waals surface area contributed by atoms with E-state index in [1.54, 1.807) is 0 Å². The van der Waals surface area contributed by atoms with E-state index in [1.807, 2.05) is 48.5 Å². The van der Waals surface area contributed by atoms with Gasteiger partial charge in [-0.2, -0.15) is 0 Å². The third-order valence-electron chi connectivity index (χ3n) is 3.57. The van der Waals surface area contributed by atoms with E-state index in [2.05, 4.69) is 9.97 Å². The molecule has 0 amide bonds. The second-order valence-corrected chi connectivity index (χ2v) is 5.75. The molecule has 4 nitrogen and oxygen atoms in total. The zero-order valence-corrected chi connectivity index (χ0v) is 13.5. The molecule has 0 fully saturated rings. The lowest BCUT2D eigenvalue weighted by Gasteiger charge is -2.08. The van der Waals surface area contributed by atoms with Crippen molar-refractivity contribution in [1.82, 2.24) is 9.97 Å². The molecular formula is C18H18ClN3O. The molecule has 0 radical (unpaired) electrons. The summed E-state index contributed by atoms with van der Waals surface area (Å²) in [4.78, 5) is 8.64. The van der Waals surface area contributed by atoms with Crippen molar-refractivity contribution >= 4 is 28.5 Å². The molecule has 3 rings (SSSR count). The maximum atomic E-state index is 5.93. The molecule has 1 heterocycles. The Kier molecular flexibility index (Phi) is 4.93. The number of nitrogens with two attached hydrogens (primary N) is 1. The highest BCUT2D eigenvalue weighted by molar-refractivity contribution is 6.30. The van der Waals surface area contributed by atoms with Crippen LogP contribution in [0.15, 0.2) is 48.5 Å². The summed E-state index contributed by atoms with van der Waals surface area (Å²) in [5.74, 6) is 1.13. The summed E-state index contributed by atoms with van der Waals surface area (Å²) < 4.78 is 5.69. The number of aromatic nitrogens is 2. The number of halogens is 1. The zero-order chi connectivity index (χ0) is 16.1. The monoisotopic (exact) mass is 327 g/mol. The van der Waals surface area contributed by atoms with E-state index in [0.29, 0.717) is 17.6 Å². The van der Waals surface area contributed by atoms with E-state index in [-0.39, 0.29) is 0 Å². The van der Waals surface area contributed by atoms with Gasteiger partial charge in [-0.05, 0) is 43.5 Å². The number of hydrogen-bond donors (Lipinski definition) is 1. The normalized spacial score (nSPS) is 10.8. The number of benzene rings is 2. The van der Waals surface area contributed by atoms with Gasteiger partial charge in [0.1, 0.15) is 5.75 Å². The van der Waals surface area contributed by atoms with E-state index in [1.165, 1.54) is 0 Å². The number of unbranched alkanes of at least 4 members (excludes halogenated alkanes) is 1. The Hall–Kier alpha value is -2.33. The summed E-state index contributed by atoms with van der Waals surface area (Å²) in [7, 11) is 0. The lowest BCUT2D eigenvalue weighted by atomic mass is 10.1. The Morgan fingerprint density at radius 1 is 1.00 bits per heavy atom. The van der Waals surface area contributed by atoms with Crippen molar-refractivity contribution < 1.29 is 4.74 Å². The summed E-state index contributed by atoms with van der Waals surface area (Å²) in [5.41, 5.74) is 7.68. The first kappa shape index (κ1) is 15.6. The van der Waals surface area contributed by atoms with Crippen LogP contribution in [-0.4, -0.2) is 16.6 Å². The number of para-hydroxylation sites is 1. The Balaban J connectivity index is 1.55. The summed E-state index contributed by atoms with van der Waals surface area (Å²) in [5, 5.41) is 1.75. The van der Waals surface area contributed by atoms with Crippen LogP contribution in [0.4, 0.5) is 5.95 Å². The van der Waals surface area contributed by atoms with Crippen LogP contribution in [0.25, 0.3) is 10.9 Å². The lowest BCUT2D eigenvalue weighted by Crippen LogP contribution is -2.02. The maximum Gasteiger partial charge on any atom is 0.220 e. The molecule has 2 aromatic carbocycles. The first-order valence-electron chi connectivity index (χ1n) is 7.62. The van der Waals surface area contributed by atoms with Gasteiger partial charge in [-0.15, -0.1) is 0 Å². The van der Waals surface area contributed by atoms with Crippen molar-refractivity contribution in [3.63, 3.8) is 0 Å². The minimum atomic E-state index is 0.328. The van der Waals surface area contributed by atoms with Gasteiger partial charge in [0.25, 0.3) is 0 Å². The predicted octanol–water partition coefficient (Wildman–Crippen LogP) is 4.27. The fraction of sp³-hybridized carbons (Fsp3) is 0.222. The van der Waals surface area contributed by atoms with Gasteiger partial charge in [0, 0.05) is 10.4 Å². The van der Waals surface area contributed by atoms with Gasteiger partial charge in [-0.1, -0.05) is 35.9 Å². The fourth-order valence-electron chi connectivity index (χ4n) is 2.49. The topological polar surface area (TPSA) is 61.0 Å². The number of ether oxygens (including phenoxy) is 1. The van der Waals surface area contributed by atoms with E-state index in [9.17, 15) is 0 Å². The number of nitrogen functional groups attached to an aromatic ring is 1. The van der Waals surface area contributed by atoms with Crippen molar-refractivity contribution in [3.8, 4) is 5.75 Å². The predicted molar refractivity (Wildman–Crippen MR) is 93.8 cm³/mol. The Morgan fingerprint density at radius 3 is 2.74 bits per heavy atom. The number of hydrogen-bond acceptors (Lipinski definition) is 4. The molecule has 3 aromatic rings. The van der Waals surface area contributed by atoms with Crippen LogP contribution in [0.3, 0.4) is 0 Å². The molecule has 0 atom stereocenters. The summed E-state index contributed by atoms with van der Waals surface area (Å²) in [6, 6.07) is 15.4. The third-order valence-corrected chi connectivity index (χ3v) is 3.81. The molecular weight excluding hydrogens is 310 g/mol. The molecule has 2 N–H and O–H groups in total. The Labute approximate surface area is 140 Å². The van der Waals surface area contributed by atoms with Crippen LogP contribution in [0.2, 0.25) is 5.02 Å².